The Kier molecular flexibility index (Phi) is 3.43. The maximum atomic E-state index is 5.85. The Labute approximate surface area is 80.8 Å². The summed E-state index contributed by atoms with van der Waals surface area (Å²) in [6.45, 7) is 0. The van der Waals surface area contributed by atoms with Crippen molar-refractivity contribution in [1.82, 2.24) is 0 Å². The predicted octanol–water partition coefficient (Wildman–Crippen LogP) is 3.21. The van der Waals surface area contributed by atoms with Gasteiger partial charge in [-0.3, -0.25) is 0 Å². The van der Waals surface area contributed by atoms with Crippen LogP contribution in [0.2, 0.25) is 0 Å². The van der Waals surface area contributed by atoms with Crippen LogP contribution < -0.4 is 0 Å². The van der Waals surface area contributed by atoms with Crippen LogP contribution in [-0.2, 0) is 0 Å². The monoisotopic (exact) mass is 220 g/mol. The first-order valence-corrected chi connectivity index (χ1v) is 4.92. The first kappa shape index (κ1) is 9.25. The molecule has 0 N–H and O–H groups in total. The van der Waals surface area contributed by atoms with Gasteiger partial charge in [0.2, 0.25) is 0 Å². The third-order valence-corrected chi connectivity index (χ3v) is 3.87. The van der Waals surface area contributed by atoms with Crippen molar-refractivity contribution < 1.29 is 0 Å². The summed E-state index contributed by atoms with van der Waals surface area (Å²) < 4.78 is 0. The van der Waals surface area contributed by atoms with Gasteiger partial charge >= 0.3 is 0 Å². The normalized spacial score (nSPS) is 49.2. The van der Waals surface area contributed by atoms with Gasteiger partial charge in [0, 0.05) is 0 Å². The van der Waals surface area contributed by atoms with E-state index in [4.69, 9.17) is 46.4 Å². The van der Waals surface area contributed by atoms with Gasteiger partial charge in [0.05, 0.1) is 21.5 Å². The minimum absolute atomic E-state index is 0.0147. The summed E-state index contributed by atoms with van der Waals surface area (Å²) in [5, 5.41) is -0.0586. The highest BCUT2D eigenvalue weighted by Crippen LogP contribution is 2.33. The Morgan fingerprint density at radius 2 is 0.800 bits per heavy atom. The summed E-state index contributed by atoms with van der Waals surface area (Å²) in [7, 11) is 0. The number of alkyl halides is 4. The molecule has 4 atom stereocenters. The molecule has 60 valence electrons. The van der Waals surface area contributed by atoms with Gasteiger partial charge in [-0.1, -0.05) is 0 Å². The lowest BCUT2D eigenvalue weighted by Crippen LogP contribution is -2.34. The van der Waals surface area contributed by atoms with E-state index < -0.39 is 0 Å². The molecule has 1 rings (SSSR count). The highest BCUT2D eigenvalue weighted by molar-refractivity contribution is 6.34. The second-order valence-corrected chi connectivity index (χ2v) is 4.78. The minimum atomic E-state index is -0.0147. The van der Waals surface area contributed by atoms with Crippen molar-refractivity contribution in [3.8, 4) is 0 Å². The van der Waals surface area contributed by atoms with Crippen LogP contribution in [0.5, 0.6) is 0 Å². The summed E-state index contributed by atoms with van der Waals surface area (Å²) in [6, 6.07) is 0. The number of halogens is 4. The molecule has 0 aromatic heterocycles. The summed E-state index contributed by atoms with van der Waals surface area (Å²) in [5.74, 6) is 0. The van der Waals surface area contributed by atoms with Crippen molar-refractivity contribution in [3.63, 3.8) is 0 Å². The summed E-state index contributed by atoms with van der Waals surface area (Å²) in [4.78, 5) is 0. The van der Waals surface area contributed by atoms with E-state index in [0.29, 0.717) is 12.8 Å². The van der Waals surface area contributed by atoms with Crippen LogP contribution in [-0.4, -0.2) is 21.5 Å². The van der Waals surface area contributed by atoms with Crippen LogP contribution in [0.1, 0.15) is 12.8 Å². The Balaban J connectivity index is 2.46. The maximum absolute atomic E-state index is 5.85. The SMILES string of the molecule is Cl[C@@H]1C[C@@H](Cl)[C@@H](Cl)C[C@@H]1Cl. The van der Waals surface area contributed by atoms with E-state index >= 15 is 0 Å². The molecule has 10 heavy (non-hydrogen) atoms. The molecule has 1 aliphatic carbocycles. The minimum Gasteiger partial charge on any atom is -0.121 e. The van der Waals surface area contributed by atoms with Gasteiger partial charge in [0.25, 0.3) is 0 Å². The van der Waals surface area contributed by atoms with Gasteiger partial charge < -0.3 is 0 Å². The van der Waals surface area contributed by atoms with Gasteiger partial charge in [-0.05, 0) is 12.8 Å². The molecule has 0 spiro atoms. The molecular formula is C6H8Cl4. The molecule has 0 amide bonds. The average Bonchev–Trinajstić information content (AvgIpc) is 1.84. The van der Waals surface area contributed by atoms with Crippen LogP contribution in [0.4, 0.5) is 0 Å². The van der Waals surface area contributed by atoms with Crippen molar-refractivity contribution in [3.05, 3.63) is 0 Å². The molecule has 0 aromatic rings. The molecule has 0 heterocycles. The van der Waals surface area contributed by atoms with E-state index in [1.165, 1.54) is 0 Å². The molecule has 1 saturated carbocycles. The molecule has 0 unspecified atom stereocenters. The number of hydrogen-bond acceptors (Lipinski definition) is 0. The first-order chi connectivity index (χ1) is 4.61. The smallest absolute Gasteiger partial charge is 0.0514 e. The molecule has 0 aromatic carbocycles. The second kappa shape index (κ2) is 3.71. The molecular weight excluding hydrogens is 214 g/mol. The fourth-order valence-corrected chi connectivity index (χ4v) is 2.38. The maximum Gasteiger partial charge on any atom is 0.0514 e. The van der Waals surface area contributed by atoms with E-state index in [9.17, 15) is 0 Å². The first-order valence-electron chi connectivity index (χ1n) is 3.17. The summed E-state index contributed by atoms with van der Waals surface area (Å²) in [6.07, 6.45) is 1.43. The molecule has 0 radical (unpaired) electrons. The van der Waals surface area contributed by atoms with E-state index in [0.717, 1.165) is 0 Å². The third-order valence-electron chi connectivity index (χ3n) is 1.69. The van der Waals surface area contributed by atoms with Crippen molar-refractivity contribution in [2.45, 2.75) is 34.3 Å². The molecule has 0 aliphatic heterocycles. The van der Waals surface area contributed by atoms with Crippen molar-refractivity contribution >= 4 is 46.4 Å². The predicted molar refractivity (Wildman–Crippen MR) is 47.8 cm³/mol. The van der Waals surface area contributed by atoms with E-state index in [-0.39, 0.29) is 21.5 Å². The Morgan fingerprint density at radius 3 is 1.00 bits per heavy atom. The summed E-state index contributed by atoms with van der Waals surface area (Å²) >= 11 is 23.4. The molecule has 0 saturated heterocycles. The lowest BCUT2D eigenvalue weighted by molar-refractivity contribution is 0.531. The van der Waals surface area contributed by atoms with Gasteiger partial charge in [-0.15, -0.1) is 46.4 Å². The fourth-order valence-electron chi connectivity index (χ4n) is 1.02. The van der Waals surface area contributed by atoms with Gasteiger partial charge in [-0.25, -0.2) is 0 Å². The van der Waals surface area contributed by atoms with Crippen LogP contribution >= 0.6 is 46.4 Å². The van der Waals surface area contributed by atoms with Gasteiger partial charge in [-0.2, -0.15) is 0 Å². The third kappa shape index (κ3) is 2.07. The topological polar surface area (TPSA) is 0 Å². The van der Waals surface area contributed by atoms with E-state index in [1.807, 2.05) is 0 Å². The highest BCUT2D eigenvalue weighted by Gasteiger charge is 2.32. The molecule has 0 bridgehead atoms. The Bertz CT molecular complexity index is 90.3. The zero-order valence-corrected chi connectivity index (χ0v) is 8.26. The largest absolute Gasteiger partial charge is 0.121 e. The van der Waals surface area contributed by atoms with Crippen LogP contribution in [0.15, 0.2) is 0 Å². The Hall–Kier alpha value is 1.16. The zero-order valence-electron chi connectivity index (χ0n) is 5.24. The Morgan fingerprint density at radius 1 is 0.600 bits per heavy atom. The number of hydrogen-bond donors (Lipinski definition) is 0. The lowest BCUT2D eigenvalue weighted by atomic mass is 9.99. The van der Waals surface area contributed by atoms with E-state index in [1.54, 1.807) is 0 Å². The van der Waals surface area contributed by atoms with E-state index in [2.05, 4.69) is 0 Å². The average molecular weight is 222 g/mol. The van der Waals surface area contributed by atoms with Crippen LogP contribution in [0.25, 0.3) is 0 Å². The molecule has 1 fully saturated rings. The second-order valence-electron chi connectivity index (χ2n) is 2.54. The van der Waals surface area contributed by atoms with Crippen molar-refractivity contribution in [2.75, 3.05) is 0 Å². The summed E-state index contributed by atoms with van der Waals surface area (Å²) in [5.41, 5.74) is 0. The fraction of sp³-hybridized carbons (Fsp3) is 1.00. The highest BCUT2D eigenvalue weighted by atomic mass is 35.5. The number of rotatable bonds is 0. The molecule has 1 aliphatic rings. The van der Waals surface area contributed by atoms with Crippen LogP contribution in [0.3, 0.4) is 0 Å². The molecule has 4 heteroatoms. The quantitative estimate of drug-likeness (QED) is 0.552. The van der Waals surface area contributed by atoms with Gasteiger partial charge in [0.15, 0.2) is 0 Å². The zero-order chi connectivity index (χ0) is 7.72. The van der Waals surface area contributed by atoms with Crippen molar-refractivity contribution in [1.29, 1.82) is 0 Å². The van der Waals surface area contributed by atoms with Crippen molar-refractivity contribution in [2.24, 2.45) is 0 Å². The molecule has 0 nitrogen and oxygen atoms in total. The standard InChI is InChI=1S/C6H8Cl4/c7-3-1-4(8)6(10)2-5(3)9/h3-6H,1-2H2/t3-,4-,5+,6+. The van der Waals surface area contributed by atoms with Gasteiger partial charge in [0.1, 0.15) is 0 Å². The lowest BCUT2D eigenvalue weighted by Gasteiger charge is -2.29. The van der Waals surface area contributed by atoms with Crippen LogP contribution in [0, 0.1) is 0 Å².